The van der Waals surface area contributed by atoms with Crippen LogP contribution in [0.15, 0.2) is 12.4 Å². The Hall–Kier alpha value is -2.30. The molecule has 1 aliphatic rings. The minimum absolute atomic E-state index is 0.0650. The molecule has 0 radical (unpaired) electrons. The van der Waals surface area contributed by atoms with Crippen molar-refractivity contribution < 1.29 is 23.1 Å². The van der Waals surface area contributed by atoms with Gasteiger partial charge in [-0.2, -0.15) is 5.10 Å². The summed E-state index contributed by atoms with van der Waals surface area (Å²) in [5, 5.41) is 18.2. The van der Waals surface area contributed by atoms with Crippen molar-refractivity contribution in [2.45, 2.75) is 12.5 Å². The van der Waals surface area contributed by atoms with Crippen molar-refractivity contribution in [3.8, 4) is 0 Å². The van der Waals surface area contributed by atoms with Gasteiger partial charge in [-0.15, -0.1) is 5.10 Å². The molecule has 1 aromatic heterocycles. The first-order chi connectivity index (χ1) is 9.87. The molecule has 0 aliphatic carbocycles. The summed E-state index contributed by atoms with van der Waals surface area (Å²) >= 11 is 0. The Balaban J connectivity index is 2.12. The molecule has 1 aliphatic heterocycles. The standard InChI is InChI=1S/C10H13N5O5S/c16-8(17)5-15(7-1-4-21(19,20)6-7)10(18)13-9-11-2-3-12-14-9/h2-3,7H,1,4-6H2,(H,16,17)(H,11,13,14,18). The topological polar surface area (TPSA) is 142 Å². The van der Waals surface area contributed by atoms with Gasteiger partial charge in [-0.1, -0.05) is 0 Å². The predicted molar refractivity (Wildman–Crippen MR) is 70.2 cm³/mol. The van der Waals surface area contributed by atoms with E-state index in [2.05, 4.69) is 20.5 Å². The second-order valence-electron chi connectivity index (χ2n) is 4.47. The van der Waals surface area contributed by atoms with Gasteiger partial charge in [0.1, 0.15) is 6.54 Å². The third kappa shape index (κ3) is 4.08. The summed E-state index contributed by atoms with van der Waals surface area (Å²) in [4.78, 5) is 27.7. The summed E-state index contributed by atoms with van der Waals surface area (Å²) in [6.45, 7) is -0.605. The molecule has 1 unspecified atom stereocenters. The first kappa shape index (κ1) is 15.1. The molecule has 2 N–H and O–H groups in total. The van der Waals surface area contributed by atoms with Crippen LogP contribution < -0.4 is 5.32 Å². The highest BCUT2D eigenvalue weighted by molar-refractivity contribution is 7.91. The fourth-order valence-electron chi connectivity index (χ4n) is 2.01. The number of aliphatic carboxylic acids is 1. The Morgan fingerprint density at radius 3 is 2.71 bits per heavy atom. The highest BCUT2D eigenvalue weighted by Crippen LogP contribution is 2.18. The maximum Gasteiger partial charge on any atom is 0.325 e. The quantitative estimate of drug-likeness (QED) is 0.718. The number of carboxylic acid groups (broad SMARTS) is 1. The monoisotopic (exact) mass is 315 g/mol. The van der Waals surface area contributed by atoms with Crippen molar-refractivity contribution in [1.29, 1.82) is 0 Å². The second-order valence-corrected chi connectivity index (χ2v) is 6.70. The molecule has 1 fully saturated rings. The molecule has 0 bridgehead atoms. The number of sulfone groups is 1. The number of carboxylic acids is 1. The molecular formula is C10H13N5O5S. The SMILES string of the molecule is O=C(O)CN(C(=O)Nc1nccnn1)C1CCS(=O)(=O)C1. The largest absolute Gasteiger partial charge is 0.480 e. The van der Waals surface area contributed by atoms with Crippen molar-refractivity contribution in [1.82, 2.24) is 20.1 Å². The second kappa shape index (κ2) is 5.99. The van der Waals surface area contributed by atoms with Crippen LogP contribution in [0.5, 0.6) is 0 Å². The highest BCUT2D eigenvalue weighted by Gasteiger charge is 2.35. The van der Waals surface area contributed by atoms with Crippen LogP contribution in [0.3, 0.4) is 0 Å². The summed E-state index contributed by atoms with van der Waals surface area (Å²) in [5.74, 6) is -1.63. The lowest BCUT2D eigenvalue weighted by Gasteiger charge is -2.26. The molecule has 1 saturated heterocycles. The van der Waals surface area contributed by atoms with E-state index in [1.54, 1.807) is 0 Å². The third-order valence-corrected chi connectivity index (χ3v) is 4.67. The smallest absolute Gasteiger partial charge is 0.325 e. The maximum absolute atomic E-state index is 12.1. The predicted octanol–water partition coefficient (Wildman–Crippen LogP) is -1.02. The third-order valence-electron chi connectivity index (χ3n) is 2.92. The van der Waals surface area contributed by atoms with Crippen LogP contribution in [-0.4, -0.2) is 69.7 Å². The van der Waals surface area contributed by atoms with E-state index in [0.717, 1.165) is 4.90 Å². The number of hydrogen-bond acceptors (Lipinski definition) is 7. The average molecular weight is 315 g/mol. The number of hydrogen-bond donors (Lipinski definition) is 2. The van der Waals surface area contributed by atoms with Crippen LogP contribution in [0.4, 0.5) is 10.7 Å². The first-order valence-electron chi connectivity index (χ1n) is 6.01. The Labute approximate surface area is 120 Å². The van der Waals surface area contributed by atoms with Crippen LogP contribution in [0.1, 0.15) is 6.42 Å². The van der Waals surface area contributed by atoms with Crippen molar-refractivity contribution in [3.05, 3.63) is 12.4 Å². The number of rotatable bonds is 4. The van der Waals surface area contributed by atoms with Gasteiger partial charge in [0.15, 0.2) is 9.84 Å². The Morgan fingerprint density at radius 2 is 2.19 bits per heavy atom. The highest BCUT2D eigenvalue weighted by atomic mass is 32.2. The molecule has 0 spiro atoms. The summed E-state index contributed by atoms with van der Waals surface area (Å²) in [6, 6.07) is -1.45. The van der Waals surface area contributed by atoms with Gasteiger partial charge < -0.3 is 10.0 Å². The molecule has 1 atom stereocenters. The Bertz CT molecular complexity index is 634. The molecule has 2 rings (SSSR count). The summed E-state index contributed by atoms with van der Waals surface area (Å²) in [5.41, 5.74) is 0. The number of urea groups is 1. The van der Waals surface area contributed by atoms with Crippen molar-refractivity contribution in [2.24, 2.45) is 0 Å². The van der Waals surface area contributed by atoms with Gasteiger partial charge in [0, 0.05) is 6.04 Å². The molecule has 1 aromatic rings. The molecular weight excluding hydrogens is 302 g/mol. The number of carbonyl (C=O) groups is 2. The Morgan fingerprint density at radius 1 is 1.43 bits per heavy atom. The first-order valence-corrected chi connectivity index (χ1v) is 7.83. The van der Waals surface area contributed by atoms with Crippen LogP contribution in [0.25, 0.3) is 0 Å². The van der Waals surface area contributed by atoms with Gasteiger partial charge in [-0.05, 0) is 6.42 Å². The zero-order chi connectivity index (χ0) is 15.5. The van der Waals surface area contributed by atoms with E-state index in [9.17, 15) is 18.0 Å². The van der Waals surface area contributed by atoms with E-state index in [-0.39, 0.29) is 23.9 Å². The zero-order valence-corrected chi connectivity index (χ0v) is 11.7. The van der Waals surface area contributed by atoms with Gasteiger partial charge >= 0.3 is 12.0 Å². The molecule has 0 aromatic carbocycles. The maximum atomic E-state index is 12.1. The number of nitrogens with zero attached hydrogens (tertiary/aromatic N) is 4. The fraction of sp³-hybridized carbons (Fsp3) is 0.500. The lowest BCUT2D eigenvalue weighted by molar-refractivity contribution is -0.138. The fourth-order valence-corrected chi connectivity index (χ4v) is 3.74. The van der Waals surface area contributed by atoms with Gasteiger partial charge in [-0.3, -0.25) is 10.1 Å². The van der Waals surface area contributed by atoms with Crippen molar-refractivity contribution >= 4 is 27.8 Å². The van der Waals surface area contributed by atoms with Crippen LogP contribution >= 0.6 is 0 Å². The van der Waals surface area contributed by atoms with E-state index >= 15 is 0 Å². The van der Waals surface area contributed by atoms with Crippen molar-refractivity contribution in [2.75, 3.05) is 23.4 Å². The number of anilines is 1. The molecule has 114 valence electrons. The van der Waals surface area contributed by atoms with Gasteiger partial charge in [-0.25, -0.2) is 18.2 Å². The van der Waals surface area contributed by atoms with E-state index in [1.165, 1.54) is 12.4 Å². The van der Waals surface area contributed by atoms with E-state index < -0.39 is 34.4 Å². The van der Waals surface area contributed by atoms with Gasteiger partial charge in [0.2, 0.25) is 0 Å². The number of amides is 2. The average Bonchev–Trinajstić information content (AvgIpc) is 2.77. The zero-order valence-electron chi connectivity index (χ0n) is 10.8. The van der Waals surface area contributed by atoms with Crippen LogP contribution in [0, 0.1) is 0 Å². The molecule has 10 nitrogen and oxygen atoms in total. The normalized spacial score (nSPS) is 19.9. The number of nitrogens with one attached hydrogen (secondary N) is 1. The Kier molecular flexibility index (Phi) is 4.31. The molecule has 2 amide bonds. The van der Waals surface area contributed by atoms with Crippen molar-refractivity contribution in [3.63, 3.8) is 0 Å². The lowest BCUT2D eigenvalue weighted by Crippen LogP contribution is -2.46. The minimum Gasteiger partial charge on any atom is -0.480 e. The summed E-state index contributed by atoms with van der Waals surface area (Å²) in [7, 11) is -3.24. The molecule has 21 heavy (non-hydrogen) atoms. The van der Waals surface area contributed by atoms with Gasteiger partial charge in [0.25, 0.3) is 5.95 Å². The minimum atomic E-state index is -3.24. The lowest BCUT2D eigenvalue weighted by atomic mass is 10.2. The number of carbonyl (C=O) groups excluding carboxylic acids is 1. The summed E-state index contributed by atoms with van der Waals surface area (Å²) < 4.78 is 22.9. The van der Waals surface area contributed by atoms with E-state index in [4.69, 9.17) is 5.11 Å². The van der Waals surface area contributed by atoms with Gasteiger partial charge in [0.05, 0.1) is 23.9 Å². The summed E-state index contributed by atoms with van der Waals surface area (Å²) in [6.07, 6.45) is 2.83. The number of aromatic nitrogens is 3. The van der Waals surface area contributed by atoms with E-state index in [1.807, 2.05) is 0 Å². The molecule has 11 heteroatoms. The molecule has 2 heterocycles. The van der Waals surface area contributed by atoms with Crippen LogP contribution in [0.2, 0.25) is 0 Å². The van der Waals surface area contributed by atoms with Crippen LogP contribution in [-0.2, 0) is 14.6 Å². The van der Waals surface area contributed by atoms with E-state index in [0.29, 0.717) is 0 Å². The molecule has 0 saturated carbocycles.